The molecule has 0 radical (unpaired) electrons. The van der Waals surface area contributed by atoms with Crippen LogP contribution in [0.15, 0.2) is 29.2 Å². The molecule has 1 aromatic carbocycles. The zero-order chi connectivity index (χ0) is 15.3. The van der Waals surface area contributed by atoms with Crippen LogP contribution in [-0.4, -0.2) is 45.4 Å². The van der Waals surface area contributed by atoms with E-state index in [1.807, 2.05) is 0 Å². The first-order valence-electron chi connectivity index (χ1n) is 6.93. The maximum atomic E-state index is 12.5. The van der Waals surface area contributed by atoms with Gasteiger partial charge in [-0.15, -0.1) is 0 Å². The number of hydrogen-bond acceptors (Lipinski definition) is 4. The van der Waals surface area contributed by atoms with E-state index in [0.717, 1.165) is 19.3 Å². The molecule has 0 atom stereocenters. The maximum Gasteiger partial charge on any atom is 0.250 e. The highest BCUT2D eigenvalue weighted by atomic mass is 32.2. The third-order valence-corrected chi connectivity index (χ3v) is 5.24. The number of ether oxygens (including phenoxy) is 1. The molecular weight excluding hydrogens is 292 g/mol. The van der Waals surface area contributed by atoms with E-state index >= 15 is 0 Å². The lowest BCUT2D eigenvalue weighted by molar-refractivity contribution is -0.119. The van der Waals surface area contributed by atoms with Crippen molar-refractivity contribution >= 4 is 21.6 Å². The summed E-state index contributed by atoms with van der Waals surface area (Å²) in [6.45, 7) is 1.05. The predicted molar refractivity (Wildman–Crippen MR) is 79.6 cm³/mol. The van der Waals surface area contributed by atoms with Crippen molar-refractivity contribution in [3.05, 3.63) is 24.3 Å². The minimum Gasteiger partial charge on any atom is -0.375 e. The van der Waals surface area contributed by atoms with Crippen LogP contribution in [0, 0.1) is 0 Å². The smallest absolute Gasteiger partial charge is 0.250 e. The van der Waals surface area contributed by atoms with Gasteiger partial charge in [0.25, 0.3) is 0 Å². The maximum absolute atomic E-state index is 12.5. The van der Waals surface area contributed by atoms with E-state index in [1.54, 1.807) is 18.2 Å². The number of carbonyl (C=O) groups excluding carboxylic acids is 1. The number of sulfonamides is 1. The standard InChI is InChI=1S/C14H20N2O4S/c1-20-11-14(17)15-12-6-5-7-13(10-12)21(18,19)16-8-3-2-4-9-16/h5-7,10H,2-4,8-9,11H2,1H3,(H,15,17). The van der Waals surface area contributed by atoms with Gasteiger partial charge < -0.3 is 10.1 Å². The monoisotopic (exact) mass is 312 g/mol. The molecule has 116 valence electrons. The van der Waals surface area contributed by atoms with Crippen molar-refractivity contribution in [3.8, 4) is 0 Å². The van der Waals surface area contributed by atoms with Crippen LogP contribution in [0.25, 0.3) is 0 Å². The Bertz CT molecular complexity index is 595. The van der Waals surface area contributed by atoms with Crippen LogP contribution in [0.2, 0.25) is 0 Å². The normalized spacial score (nSPS) is 16.6. The van der Waals surface area contributed by atoms with Gasteiger partial charge in [-0.05, 0) is 31.0 Å². The molecule has 1 heterocycles. The van der Waals surface area contributed by atoms with Crippen LogP contribution in [0.3, 0.4) is 0 Å². The van der Waals surface area contributed by atoms with E-state index < -0.39 is 10.0 Å². The molecule has 0 aromatic heterocycles. The molecule has 1 amide bonds. The number of rotatable bonds is 5. The molecule has 2 rings (SSSR count). The number of nitrogens with zero attached hydrogens (tertiary/aromatic N) is 1. The quantitative estimate of drug-likeness (QED) is 0.893. The summed E-state index contributed by atoms with van der Waals surface area (Å²) < 4.78 is 31.3. The van der Waals surface area contributed by atoms with Crippen molar-refractivity contribution in [2.75, 3.05) is 32.1 Å². The Balaban J connectivity index is 2.17. The SMILES string of the molecule is COCC(=O)Nc1cccc(S(=O)(=O)N2CCCCC2)c1. The van der Waals surface area contributed by atoms with Gasteiger partial charge in [0.1, 0.15) is 6.61 Å². The summed E-state index contributed by atoms with van der Waals surface area (Å²) in [5, 5.41) is 2.61. The van der Waals surface area contributed by atoms with Gasteiger partial charge in [0.05, 0.1) is 4.90 Å². The van der Waals surface area contributed by atoms with Crippen molar-refractivity contribution in [3.63, 3.8) is 0 Å². The Morgan fingerprint density at radius 3 is 2.67 bits per heavy atom. The van der Waals surface area contributed by atoms with Gasteiger partial charge in [-0.1, -0.05) is 12.5 Å². The van der Waals surface area contributed by atoms with Gasteiger partial charge in [0.2, 0.25) is 15.9 Å². The van der Waals surface area contributed by atoms with Crippen molar-refractivity contribution in [1.82, 2.24) is 4.31 Å². The second-order valence-electron chi connectivity index (χ2n) is 4.97. The third-order valence-electron chi connectivity index (χ3n) is 3.35. The Labute approximate surface area is 125 Å². The first-order valence-corrected chi connectivity index (χ1v) is 8.37. The number of carbonyl (C=O) groups is 1. The molecule has 0 unspecified atom stereocenters. The summed E-state index contributed by atoms with van der Waals surface area (Å²) in [7, 11) is -2.05. The largest absolute Gasteiger partial charge is 0.375 e. The molecule has 7 heteroatoms. The molecule has 0 spiro atoms. The summed E-state index contributed by atoms with van der Waals surface area (Å²) in [6, 6.07) is 6.31. The lowest BCUT2D eigenvalue weighted by Gasteiger charge is -2.26. The minimum atomic E-state index is -3.48. The second kappa shape index (κ2) is 7.02. The summed E-state index contributed by atoms with van der Waals surface area (Å²) in [5.74, 6) is -0.315. The van der Waals surface area contributed by atoms with E-state index in [0.29, 0.717) is 18.8 Å². The fourth-order valence-electron chi connectivity index (χ4n) is 2.32. The summed E-state index contributed by atoms with van der Waals surface area (Å²) in [5.41, 5.74) is 0.454. The molecule has 21 heavy (non-hydrogen) atoms. The number of anilines is 1. The van der Waals surface area contributed by atoms with Gasteiger partial charge in [-0.3, -0.25) is 4.79 Å². The van der Waals surface area contributed by atoms with Gasteiger partial charge in [-0.2, -0.15) is 4.31 Å². The van der Waals surface area contributed by atoms with Crippen LogP contribution >= 0.6 is 0 Å². The van der Waals surface area contributed by atoms with E-state index in [1.165, 1.54) is 17.5 Å². The van der Waals surface area contributed by atoms with E-state index in [-0.39, 0.29) is 17.4 Å². The number of nitrogens with one attached hydrogen (secondary N) is 1. The van der Waals surface area contributed by atoms with Crippen LogP contribution < -0.4 is 5.32 Å². The number of amides is 1. The van der Waals surface area contributed by atoms with Crippen LogP contribution in [0.4, 0.5) is 5.69 Å². The lowest BCUT2D eigenvalue weighted by Crippen LogP contribution is -2.35. The fraction of sp³-hybridized carbons (Fsp3) is 0.500. The Kier molecular flexibility index (Phi) is 5.33. The number of methoxy groups -OCH3 is 1. The van der Waals surface area contributed by atoms with Gasteiger partial charge >= 0.3 is 0 Å². The highest BCUT2D eigenvalue weighted by Gasteiger charge is 2.26. The average Bonchev–Trinajstić information content (AvgIpc) is 2.48. The van der Waals surface area contributed by atoms with Crippen molar-refractivity contribution in [1.29, 1.82) is 0 Å². The zero-order valence-electron chi connectivity index (χ0n) is 12.0. The van der Waals surface area contributed by atoms with Crippen LogP contribution in [-0.2, 0) is 19.6 Å². The minimum absolute atomic E-state index is 0.0664. The fourth-order valence-corrected chi connectivity index (χ4v) is 3.88. The van der Waals surface area contributed by atoms with E-state index in [9.17, 15) is 13.2 Å². The Morgan fingerprint density at radius 1 is 1.29 bits per heavy atom. The molecule has 1 fully saturated rings. The number of piperidine rings is 1. The van der Waals surface area contributed by atoms with Crippen molar-refractivity contribution in [2.24, 2.45) is 0 Å². The molecule has 0 bridgehead atoms. The first kappa shape index (κ1) is 15.9. The summed E-state index contributed by atoms with van der Waals surface area (Å²) in [4.78, 5) is 11.7. The zero-order valence-corrected chi connectivity index (χ0v) is 12.9. The summed E-state index contributed by atoms with van der Waals surface area (Å²) in [6.07, 6.45) is 2.85. The predicted octanol–water partition coefficient (Wildman–Crippen LogP) is 1.45. The van der Waals surface area contributed by atoms with Gasteiger partial charge in [0, 0.05) is 25.9 Å². The average molecular weight is 312 g/mol. The van der Waals surface area contributed by atoms with E-state index in [4.69, 9.17) is 4.74 Å². The Morgan fingerprint density at radius 2 is 2.00 bits per heavy atom. The van der Waals surface area contributed by atoms with Crippen molar-refractivity contribution < 1.29 is 17.9 Å². The summed E-state index contributed by atoms with van der Waals surface area (Å²) >= 11 is 0. The second-order valence-corrected chi connectivity index (χ2v) is 6.91. The van der Waals surface area contributed by atoms with E-state index in [2.05, 4.69) is 5.32 Å². The molecule has 0 saturated carbocycles. The van der Waals surface area contributed by atoms with Crippen molar-refractivity contribution in [2.45, 2.75) is 24.2 Å². The molecular formula is C14H20N2O4S. The number of hydrogen-bond donors (Lipinski definition) is 1. The van der Waals surface area contributed by atoms with Crippen LogP contribution in [0.1, 0.15) is 19.3 Å². The third kappa shape index (κ3) is 4.03. The molecule has 1 aliphatic heterocycles. The molecule has 1 aromatic rings. The van der Waals surface area contributed by atoms with Crippen LogP contribution in [0.5, 0.6) is 0 Å². The molecule has 1 aliphatic rings. The molecule has 1 saturated heterocycles. The van der Waals surface area contributed by atoms with Gasteiger partial charge in [0.15, 0.2) is 0 Å². The first-order chi connectivity index (χ1) is 10.0. The topological polar surface area (TPSA) is 75.7 Å². The highest BCUT2D eigenvalue weighted by Crippen LogP contribution is 2.22. The molecule has 0 aliphatic carbocycles. The molecule has 6 nitrogen and oxygen atoms in total. The van der Waals surface area contributed by atoms with Gasteiger partial charge in [-0.25, -0.2) is 8.42 Å². The molecule has 1 N–H and O–H groups in total. The Hall–Kier alpha value is -1.44. The lowest BCUT2D eigenvalue weighted by atomic mass is 10.2. The highest BCUT2D eigenvalue weighted by molar-refractivity contribution is 7.89. The number of benzene rings is 1.